The molecule has 1 aromatic heterocycles. The summed E-state index contributed by atoms with van der Waals surface area (Å²) in [5, 5.41) is 5.34. The molecule has 0 bridgehead atoms. The molecule has 0 radical (unpaired) electrons. The molecule has 0 atom stereocenters. The van der Waals surface area contributed by atoms with Crippen LogP contribution in [-0.4, -0.2) is 14.8 Å². The van der Waals surface area contributed by atoms with Crippen molar-refractivity contribution in [3.63, 3.8) is 0 Å². The third kappa shape index (κ3) is 3.78. The molecular formula is C28H21FN4. The van der Waals surface area contributed by atoms with Gasteiger partial charge in [0.05, 0.1) is 17.1 Å². The van der Waals surface area contributed by atoms with Gasteiger partial charge in [0, 0.05) is 40.4 Å². The van der Waals surface area contributed by atoms with E-state index in [0.717, 1.165) is 22.3 Å². The van der Waals surface area contributed by atoms with Gasteiger partial charge in [0.25, 0.3) is 0 Å². The third-order valence-electron chi connectivity index (χ3n) is 5.70. The van der Waals surface area contributed by atoms with Crippen LogP contribution in [0.25, 0.3) is 39.0 Å². The van der Waals surface area contributed by atoms with Gasteiger partial charge in [-0.15, -0.1) is 6.42 Å². The molecule has 0 amide bonds. The maximum atomic E-state index is 15.7. The number of nitrogens with two attached hydrogens (primary N) is 1. The first-order valence-corrected chi connectivity index (χ1v) is 10.6. The van der Waals surface area contributed by atoms with Crippen LogP contribution in [0.4, 0.5) is 4.39 Å². The quantitative estimate of drug-likeness (QED) is 0.368. The fourth-order valence-electron chi connectivity index (χ4n) is 3.93. The van der Waals surface area contributed by atoms with Gasteiger partial charge in [0.15, 0.2) is 5.82 Å². The summed E-state index contributed by atoms with van der Waals surface area (Å²) in [6, 6.07) is 22.7. The minimum absolute atomic E-state index is 0.339. The normalized spacial score (nSPS) is 11.0. The Labute approximate surface area is 191 Å². The number of nitrogens with zero attached hydrogens (tertiary/aromatic N) is 3. The Kier molecular flexibility index (Phi) is 5.21. The Morgan fingerprint density at radius 1 is 1.00 bits per heavy atom. The molecule has 0 spiro atoms. The number of fused-ring (bicyclic) bond motifs is 2. The molecule has 5 heteroatoms. The molecule has 1 aliphatic carbocycles. The van der Waals surface area contributed by atoms with Gasteiger partial charge in [-0.1, -0.05) is 48.4 Å². The number of halogens is 1. The molecule has 2 aliphatic rings. The van der Waals surface area contributed by atoms with E-state index in [1.54, 1.807) is 10.7 Å². The van der Waals surface area contributed by atoms with Crippen LogP contribution in [0, 0.1) is 25.1 Å². The second kappa shape index (κ2) is 8.34. The van der Waals surface area contributed by atoms with Gasteiger partial charge >= 0.3 is 0 Å². The Morgan fingerprint density at radius 2 is 1.85 bits per heavy atom. The van der Waals surface area contributed by atoms with Crippen molar-refractivity contribution in [2.75, 3.05) is 0 Å². The van der Waals surface area contributed by atoms with Gasteiger partial charge in [-0.05, 0) is 42.8 Å². The molecule has 0 saturated carbocycles. The Morgan fingerprint density at radius 3 is 2.52 bits per heavy atom. The van der Waals surface area contributed by atoms with E-state index in [1.165, 1.54) is 11.3 Å². The molecule has 33 heavy (non-hydrogen) atoms. The highest BCUT2D eigenvalue weighted by Crippen LogP contribution is 2.33. The van der Waals surface area contributed by atoms with Crippen LogP contribution in [0.5, 0.6) is 0 Å². The van der Waals surface area contributed by atoms with Gasteiger partial charge in [-0.3, -0.25) is 4.98 Å². The number of terminal acetylenes is 1. The summed E-state index contributed by atoms with van der Waals surface area (Å²) in [6.07, 6.45) is 7.43. The zero-order valence-electron chi connectivity index (χ0n) is 18.1. The topological polar surface area (TPSA) is 56.7 Å². The Balaban J connectivity index is 0.000000324. The molecule has 3 aromatic carbocycles. The maximum Gasteiger partial charge on any atom is 0.157 e. The molecule has 2 N–H and O–H groups in total. The van der Waals surface area contributed by atoms with E-state index in [4.69, 9.17) is 12.2 Å². The van der Waals surface area contributed by atoms with Crippen LogP contribution >= 0.6 is 0 Å². The number of benzene rings is 3. The summed E-state index contributed by atoms with van der Waals surface area (Å²) in [6.45, 7) is 2.29. The molecule has 4 nitrogen and oxygen atoms in total. The van der Waals surface area contributed by atoms with E-state index in [-0.39, 0.29) is 5.82 Å². The first kappa shape index (κ1) is 20.6. The van der Waals surface area contributed by atoms with E-state index in [0.29, 0.717) is 28.8 Å². The molecule has 160 valence electrons. The van der Waals surface area contributed by atoms with Crippen LogP contribution in [0.1, 0.15) is 16.8 Å². The fraction of sp³-hybridized carbons (Fsp3) is 0.0714. The average Bonchev–Trinajstić information content (AvgIpc) is 3.29. The average molecular weight is 433 g/mol. The predicted octanol–water partition coefficient (Wildman–Crippen LogP) is 5.64. The zero-order valence-corrected chi connectivity index (χ0v) is 18.1. The summed E-state index contributed by atoms with van der Waals surface area (Å²) in [5.41, 5.74) is 13.0. The number of rotatable bonds is 3. The predicted molar refractivity (Wildman–Crippen MR) is 130 cm³/mol. The van der Waals surface area contributed by atoms with Crippen molar-refractivity contribution in [1.29, 1.82) is 0 Å². The smallest absolute Gasteiger partial charge is 0.157 e. The molecule has 6 rings (SSSR count). The lowest BCUT2D eigenvalue weighted by Gasteiger charge is -2.10. The van der Waals surface area contributed by atoms with Crippen LogP contribution in [0.2, 0.25) is 0 Å². The highest BCUT2D eigenvalue weighted by atomic mass is 19.1. The van der Waals surface area contributed by atoms with Crippen molar-refractivity contribution in [3.8, 4) is 40.4 Å². The highest BCUT2D eigenvalue weighted by Gasteiger charge is 2.18. The van der Waals surface area contributed by atoms with E-state index >= 15 is 4.39 Å². The first-order valence-electron chi connectivity index (χ1n) is 10.6. The van der Waals surface area contributed by atoms with Crippen molar-refractivity contribution in [2.45, 2.75) is 13.5 Å². The number of aryl methyl sites for hydroxylation is 1. The molecular weight excluding hydrogens is 411 g/mol. The number of hydrogen-bond acceptors (Lipinski definition) is 3. The van der Waals surface area contributed by atoms with Crippen LogP contribution < -0.4 is 5.73 Å². The van der Waals surface area contributed by atoms with Crippen LogP contribution in [0.15, 0.2) is 79.0 Å². The summed E-state index contributed by atoms with van der Waals surface area (Å²) in [5.74, 6) is 2.29. The van der Waals surface area contributed by atoms with Crippen molar-refractivity contribution < 1.29 is 4.39 Å². The van der Waals surface area contributed by atoms with E-state index in [2.05, 4.69) is 22.1 Å². The highest BCUT2D eigenvalue weighted by molar-refractivity contribution is 5.89. The molecule has 0 unspecified atom stereocenters. The van der Waals surface area contributed by atoms with Crippen molar-refractivity contribution >= 4 is 10.9 Å². The monoisotopic (exact) mass is 432 g/mol. The summed E-state index contributed by atoms with van der Waals surface area (Å²) < 4.78 is 17.3. The Bertz CT molecular complexity index is 1520. The molecule has 4 aromatic rings. The van der Waals surface area contributed by atoms with Crippen molar-refractivity contribution in [2.24, 2.45) is 5.73 Å². The largest absolute Gasteiger partial charge is 0.326 e. The minimum Gasteiger partial charge on any atom is -0.326 e. The van der Waals surface area contributed by atoms with Crippen LogP contribution in [0.3, 0.4) is 0 Å². The zero-order chi connectivity index (χ0) is 22.9. The summed E-state index contributed by atoms with van der Waals surface area (Å²) in [4.78, 5) is 3.95. The summed E-state index contributed by atoms with van der Waals surface area (Å²) >= 11 is 0. The van der Waals surface area contributed by atoms with Gasteiger partial charge in [0.2, 0.25) is 0 Å². The first-order chi connectivity index (χ1) is 16.1. The molecule has 1 aliphatic heterocycles. The minimum atomic E-state index is -0.339. The number of pyridine rings is 1. The summed E-state index contributed by atoms with van der Waals surface area (Å²) in [7, 11) is 0. The van der Waals surface area contributed by atoms with Gasteiger partial charge in [0.1, 0.15) is 5.52 Å². The SMILES string of the molecule is C#Cc1ccccc1-c1ccc2c(C)nn(-c3cccc(CN)c3)c2c1F.c1cc2cc-2n1. The second-order valence-corrected chi connectivity index (χ2v) is 7.81. The lowest BCUT2D eigenvalue weighted by atomic mass is 9.98. The second-order valence-electron chi connectivity index (χ2n) is 7.81. The fourth-order valence-corrected chi connectivity index (χ4v) is 3.93. The van der Waals surface area contributed by atoms with Gasteiger partial charge in [-0.25, -0.2) is 9.07 Å². The number of aromatic nitrogens is 3. The lowest BCUT2D eigenvalue weighted by molar-refractivity contribution is 0.635. The van der Waals surface area contributed by atoms with Gasteiger partial charge < -0.3 is 5.73 Å². The van der Waals surface area contributed by atoms with E-state index in [1.807, 2.05) is 73.8 Å². The molecule has 2 heterocycles. The Hall–Kier alpha value is -4.27. The van der Waals surface area contributed by atoms with E-state index < -0.39 is 0 Å². The lowest BCUT2D eigenvalue weighted by Crippen LogP contribution is -2.02. The van der Waals surface area contributed by atoms with Gasteiger partial charge in [-0.2, -0.15) is 5.10 Å². The van der Waals surface area contributed by atoms with Crippen molar-refractivity contribution in [1.82, 2.24) is 14.8 Å². The molecule has 0 saturated heterocycles. The standard InChI is InChI=1S/C23H18FN3.C5H3N/c1-3-17-8-4-5-10-20(17)21-12-11-19-15(2)26-27(23(19)22(21)24)18-9-6-7-16(13-18)14-25;1-2-6-5-3-4(1)5/h1,4-13H,14,25H2,2H3;1-3H. The third-order valence-corrected chi connectivity index (χ3v) is 5.70. The molecule has 0 fully saturated rings. The van der Waals surface area contributed by atoms with E-state index in [9.17, 15) is 0 Å². The maximum absolute atomic E-state index is 15.7. The number of hydrogen-bond donors (Lipinski definition) is 1. The van der Waals surface area contributed by atoms with Crippen LogP contribution in [-0.2, 0) is 6.54 Å². The van der Waals surface area contributed by atoms with Crippen molar-refractivity contribution in [3.05, 3.63) is 102 Å².